The van der Waals surface area contributed by atoms with E-state index in [1.807, 2.05) is 36.1 Å². The van der Waals surface area contributed by atoms with Crippen LogP contribution in [0.25, 0.3) is 0 Å². The summed E-state index contributed by atoms with van der Waals surface area (Å²) in [4.78, 5) is 27.4. The Morgan fingerprint density at radius 1 is 1.35 bits per heavy atom. The van der Waals surface area contributed by atoms with E-state index in [4.69, 9.17) is 0 Å². The fourth-order valence-corrected chi connectivity index (χ4v) is 2.52. The topological polar surface area (TPSA) is 40.6 Å². The van der Waals surface area contributed by atoms with E-state index in [0.717, 1.165) is 24.2 Å². The van der Waals surface area contributed by atoms with E-state index < -0.39 is 0 Å². The molecule has 1 heterocycles. The summed E-state index contributed by atoms with van der Waals surface area (Å²) in [5.41, 5.74) is 1.66. The van der Waals surface area contributed by atoms with Gasteiger partial charge in [-0.25, -0.2) is 0 Å². The lowest BCUT2D eigenvalue weighted by Crippen LogP contribution is -2.38. The fourth-order valence-electron chi connectivity index (χ4n) is 2.52. The first-order valence-electron chi connectivity index (χ1n) is 7.20. The molecule has 0 saturated heterocycles. The zero-order valence-electron chi connectivity index (χ0n) is 12.4. The van der Waals surface area contributed by atoms with Crippen LogP contribution in [0.2, 0.25) is 0 Å². The number of anilines is 2. The van der Waals surface area contributed by atoms with Crippen molar-refractivity contribution in [1.82, 2.24) is 0 Å². The summed E-state index contributed by atoms with van der Waals surface area (Å²) in [6.07, 6.45) is 1.84. The highest BCUT2D eigenvalue weighted by Gasteiger charge is 2.31. The molecule has 2 rings (SSSR count). The molecule has 1 aromatic carbocycles. The van der Waals surface area contributed by atoms with Crippen molar-refractivity contribution >= 4 is 23.7 Å². The maximum atomic E-state index is 12.6. The average Bonchev–Trinajstić information content (AvgIpc) is 2.57. The Bertz CT molecular complexity index is 501. The minimum absolute atomic E-state index is 0.0992. The molecular weight excluding hydrogens is 252 g/mol. The summed E-state index contributed by atoms with van der Waals surface area (Å²) < 4.78 is 0. The molecule has 0 radical (unpaired) electrons. The van der Waals surface area contributed by atoms with Crippen molar-refractivity contribution in [3.05, 3.63) is 24.3 Å². The van der Waals surface area contributed by atoms with Crippen LogP contribution in [0.15, 0.2) is 24.3 Å². The van der Waals surface area contributed by atoms with Gasteiger partial charge in [-0.3, -0.25) is 9.59 Å². The Labute approximate surface area is 120 Å². The van der Waals surface area contributed by atoms with Crippen LogP contribution in [-0.4, -0.2) is 25.4 Å². The lowest BCUT2D eigenvalue weighted by atomic mass is 10.1. The fraction of sp³-hybridized carbons (Fsp3) is 0.500. The zero-order valence-corrected chi connectivity index (χ0v) is 12.4. The molecular formula is C16H22N2O2. The minimum atomic E-state index is -0.184. The zero-order chi connectivity index (χ0) is 14.7. The number of amides is 2. The molecule has 0 spiro atoms. The van der Waals surface area contributed by atoms with Crippen LogP contribution in [0.4, 0.5) is 11.4 Å². The van der Waals surface area contributed by atoms with Crippen LogP contribution >= 0.6 is 0 Å². The summed E-state index contributed by atoms with van der Waals surface area (Å²) >= 11 is 0. The molecule has 0 fully saturated rings. The van der Waals surface area contributed by atoms with Gasteiger partial charge in [0.15, 0.2) is 0 Å². The number of para-hydroxylation sites is 2. The molecule has 2 amide bonds. The van der Waals surface area contributed by atoms with Gasteiger partial charge in [-0.1, -0.05) is 39.3 Å². The van der Waals surface area contributed by atoms with Gasteiger partial charge >= 0.3 is 0 Å². The van der Waals surface area contributed by atoms with Crippen LogP contribution in [0.5, 0.6) is 0 Å². The number of nitrogens with zero attached hydrogens (tertiary/aromatic N) is 2. The molecule has 2 unspecified atom stereocenters. The van der Waals surface area contributed by atoms with Crippen LogP contribution in [0.1, 0.15) is 27.2 Å². The minimum Gasteiger partial charge on any atom is -0.312 e. The summed E-state index contributed by atoms with van der Waals surface area (Å²) in [6, 6.07) is 7.63. The summed E-state index contributed by atoms with van der Waals surface area (Å²) in [7, 11) is 0. The Morgan fingerprint density at radius 3 is 2.60 bits per heavy atom. The van der Waals surface area contributed by atoms with Crippen molar-refractivity contribution in [3.63, 3.8) is 0 Å². The van der Waals surface area contributed by atoms with Crippen LogP contribution in [-0.2, 0) is 9.59 Å². The maximum Gasteiger partial charge on any atom is 0.231 e. The van der Waals surface area contributed by atoms with E-state index in [9.17, 15) is 9.59 Å². The second kappa shape index (κ2) is 6.07. The number of carbonyl (C=O) groups excluding carboxylic acids is 2. The third kappa shape index (κ3) is 2.69. The lowest BCUT2D eigenvalue weighted by Gasteiger charge is -2.27. The predicted molar refractivity (Wildman–Crippen MR) is 80.8 cm³/mol. The number of fused-ring (bicyclic) bond motifs is 1. The predicted octanol–water partition coefficient (Wildman–Crippen LogP) is 2.68. The highest BCUT2D eigenvalue weighted by atomic mass is 16.2. The molecule has 1 aromatic rings. The van der Waals surface area contributed by atoms with Crippen molar-refractivity contribution in [1.29, 1.82) is 0 Å². The first-order chi connectivity index (χ1) is 9.58. The molecule has 1 aliphatic rings. The van der Waals surface area contributed by atoms with E-state index in [1.165, 1.54) is 0 Å². The second-order valence-corrected chi connectivity index (χ2v) is 5.61. The van der Waals surface area contributed by atoms with Gasteiger partial charge in [-0.15, -0.1) is 0 Å². The Balaban J connectivity index is 2.46. The first-order valence-corrected chi connectivity index (χ1v) is 7.20. The third-order valence-electron chi connectivity index (χ3n) is 3.96. The van der Waals surface area contributed by atoms with Gasteiger partial charge in [-0.2, -0.15) is 0 Å². The SMILES string of the molecule is CCC(C)CN1C(=O)C(C)CN(C=O)c2ccccc21. The molecule has 4 nitrogen and oxygen atoms in total. The number of rotatable bonds is 4. The summed E-state index contributed by atoms with van der Waals surface area (Å²) in [5.74, 6) is 0.348. The molecule has 1 aliphatic heterocycles. The van der Waals surface area contributed by atoms with E-state index in [2.05, 4.69) is 13.8 Å². The van der Waals surface area contributed by atoms with Crippen LogP contribution < -0.4 is 9.80 Å². The molecule has 108 valence electrons. The van der Waals surface area contributed by atoms with Crippen molar-refractivity contribution < 1.29 is 9.59 Å². The van der Waals surface area contributed by atoms with Gasteiger partial charge in [0, 0.05) is 13.1 Å². The second-order valence-electron chi connectivity index (χ2n) is 5.61. The van der Waals surface area contributed by atoms with Gasteiger partial charge in [0.25, 0.3) is 0 Å². The molecule has 0 bridgehead atoms. The maximum absolute atomic E-state index is 12.6. The molecule has 0 aromatic heterocycles. The largest absolute Gasteiger partial charge is 0.312 e. The Kier molecular flexibility index (Phi) is 4.42. The molecule has 2 atom stereocenters. The summed E-state index contributed by atoms with van der Waals surface area (Å²) in [6.45, 7) is 7.29. The lowest BCUT2D eigenvalue weighted by molar-refractivity contribution is -0.121. The number of hydrogen-bond donors (Lipinski definition) is 0. The monoisotopic (exact) mass is 274 g/mol. The van der Waals surface area contributed by atoms with Crippen LogP contribution in [0, 0.1) is 11.8 Å². The Morgan fingerprint density at radius 2 is 2.00 bits per heavy atom. The van der Waals surface area contributed by atoms with Gasteiger partial charge in [0.1, 0.15) is 0 Å². The van der Waals surface area contributed by atoms with Gasteiger partial charge in [0.2, 0.25) is 12.3 Å². The highest BCUT2D eigenvalue weighted by Crippen LogP contribution is 2.33. The normalized spacial score (nSPS) is 20.4. The third-order valence-corrected chi connectivity index (χ3v) is 3.96. The van der Waals surface area contributed by atoms with Crippen molar-refractivity contribution in [2.75, 3.05) is 22.9 Å². The molecule has 0 N–H and O–H groups in total. The summed E-state index contributed by atoms with van der Waals surface area (Å²) in [5, 5.41) is 0. The average molecular weight is 274 g/mol. The van der Waals surface area contributed by atoms with Gasteiger partial charge < -0.3 is 9.80 Å². The van der Waals surface area contributed by atoms with E-state index >= 15 is 0 Å². The Hall–Kier alpha value is -1.84. The van der Waals surface area contributed by atoms with Gasteiger partial charge in [-0.05, 0) is 18.1 Å². The molecule has 4 heteroatoms. The molecule has 0 aliphatic carbocycles. The van der Waals surface area contributed by atoms with E-state index in [-0.39, 0.29) is 11.8 Å². The number of hydrogen-bond acceptors (Lipinski definition) is 2. The van der Waals surface area contributed by atoms with Crippen molar-refractivity contribution in [2.45, 2.75) is 27.2 Å². The van der Waals surface area contributed by atoms with Crippen LogP contribution in [0.3, 0.4) is 0 Å². The quantitative estimate of drug-likeness (QED) is 0.792. The highest BCUT2D eigenvalue weighted by molar-refractivity contribution is 6.02. The van der Waals surface area contributed by atoms with E-state index in [1.54, 1.807) is 4.90 Å². The first kappa shape index (κ1) is 14.6. The standard InChI is InChI=1S/C16H22N2O2/c1-4-12(2)9-18-15-8-6-5-7-14(15)17(11-19)10-13(3)16(18)20/h5-8,11-13H,4,9-10H2,1-3H3. The molecule has 0 saturated carbocycles. The smallest absolute Gasteiger partial charge is 0.231 e. The number of carbonyl (C=O) groups is 2. The van der Waals surface area contributed by atoms with Crippen molar-refractivity contribution in [3.8, 4) is 0 Å². The van der Waals surface area contributed by atoms with Gasteiger partial charge in [0.05, 0.1) is 17.3 Å². The van der Waals surface area contributed by atoms with E-state index in [0.29, 0.717) is 19.0 Å². The van der Waals surface area contributed by atoms with Crippen molar-refractivity contribution in [2.24, 2.45) is 11.8 Å². The number of benzene rings is 1. The molecule has 20 heavy (non-hydrogen) atoms.